The van der Waals surface area contributed by atoms with E-state index < -0.39 is 0 Å². The first kappa shape index (κ1) is 15.4. The zero-order chi connectivity index (χ0) is 17.2. The maximum Gasteiger partial charge on any atom is 0.204 e. The molecule has 2 aromatic carbocycles. The Hall–Kier alpha value is -3.15. The van der Waals surface area contributed by atoms with E-state index in [1.54, 1.807) is 6.07 Å². The van der Waals surface area contributed by atoms with Gasteiger partial charge in [0.1, 0.15) is 5.82 Å². The van der Waals surface area contributed by atoms with Gasteiger partial charge in [-0.05, 0) is 37.3 Å². The Morgan fingerprint density at radius 1 is 1.12 bits per heavy atom. The van der Waals surface area contributed by atoms with E-state index in [4.69, 9.17) is 0 Å². The second kappa shape index (κ2) is 6.39. The fourth-order valence-corrected chi connectivity index (χ4v) is 2.91. The van der Waals surface area contributed by atoms with Crippen molar-refractivity contribution < 1.29 is 4.39 Å². The summed E-state index contributed by atoms with van der Waals surface area (Å²) in [6.07, 6.45) is 3.82. The molecule has 0 radical (unpaired) electrons. The molecule has 0 aliphatic heterocycles. The average Bonchev–Trinajstić information content (AvgIpc) is 3.24. The van der Waals surface area contributed by atoms with Crippen molar-refractivity contribution in [2.24, 2.45) is 0 Å². The highest BCUT2D eigenvalue weighted by Gasteiger charge is 2.10. The molecule has 1 N–H and O–H groups in total. The summed E-state index contributed by atoms with van der Waals surface area (Å²) in [6.45, 7) is 3.33. The van der Waals surface area contributed by atoms with E-state index in [9.17, 15) is 4.39 Å². The number of hydrogen-bond acceptors (Lipinski definition) is 3. The van der Waals surface area contributed by atoms with Gasteiger partial charge in [0.15, 0.2) is 0 Å². The largest absolute Gasteiger partial charge is 0.351 e. The predicted molar refractivity (Wildman–Crippen MR) is 96.3 cm³/mol. The van der Waals surface area contributed by atoms with E-state index in [1.807, 2.05) is 58.9 Å². The number of aryl methyl sites for hydroxylation is 1. The van der Waals surface area contributed by atoms with Gasteiger partial charge in [-0.2, -0.15) is 5.10 Å². The molecule has 0 spiro atoms. The van der Waals surface area contributed by atoms with Gasteiger partial charge in [0, 0.05) is 24.8 Å². The third-order valence-corrected chi connectivity index (χ3v) is 4.13. The number of rotatable bonds is 5. The number of fused-ring (bicyclic) bond motifs is 1. The van der Waals surface area contributed by atoms with E-state index in [2.05, 4.69) is 15.4 Å². The number of anilines is 1. The van der Waals surface area contributed by atoms with Crippen molar-refractivity contribution in [2.45, 2.75) is 20.0 Å². The smallest absolute Gasteiger partial charge is 0.204 e. The second-order valence-corrected chi connectivity index (χ2v) is 5.79. The van der Waals surface area contributed by atoms with Crippen molar-refractivity contribution >= 4 is 17.0 Å². The van der Waals surface area contributed by atoms with Crippen LogP contribution in [-0.4, -0.2) is 19.3 Å². The van der Waals surface area contributed by atoms with Crippen molar-refractivity contribution in [2.75, 3.05) is 5.32 Å². The molecule has 2 aromatic heterocycles. The van der Waals surface area contributed by atoms with Gasteiger partial charge >= 0.3 is 0 Å². The van der Waals surface area contributed by atoms with Gasteiger partial charge in [0.2, 0.25) is 5.95 Å². The summed E-state index contributed by atoms with van der Waals surface area (Å²) < 4.78 is 17.3. The fraction of sp³-hybridized carbons (Fsp3) is 0.158. The molecule has 0 amide bonds. The van der Waals surface area contributed by atoms with E-state index in [1.165, 1.54) is 12.1 Å². The van der Waals surface area contributed by atoms with Gasteiger partial charge in [-0.3, -0.25) is 0 Å². The highest BCUT2D eigenvalue weighted by Crippen LogP contribution is 2.21. The van der Waals surface area contributed by atoms with E-state index in [-0.39, 0.29) is 5.82 Å². The summed E-state index contributed by atoms with van der Waals surface area (Å²) in [7, 11) is 0. The van der Waals surface area contributed by atoms with Crippen LogP contribution >= 0.6 is 0 Å². The monoisotopic (exact) mass is 335 g/mol. The second-order valence-electron chi connectivity index (χ2n) is 5.79. The zero-order valence-electron chi connectivity index (χ0n) is 13.9. The van der Waals surface area contributed by atoms with Crippen LogP contribution in [0.4, 0.5) is 10.3 Å². The number of benzene rings is 2. The molecule has 0 bridgehead atoms. The van der Waals surface area contributed by atoms with Crippen LogP contribution in [0.25, 0.3) is 16.7 Å². The molecular weight excluding hydrogens is 317 g/mol. The van der Waals surface area contributed by atoms with E-state index in [0.717, 1.165) is 28.2 Å². The molecule has 0 aliphatic carbocycles. The molecule has 4 rings (SSSR count). The summed E-state index contributed by atoms with van der Waals surface area (Å²) >= 11 is 0. The molecule has 4 aromatic rings. The summed E-state index contributed by atoms with van der Waals surface area (Å²) in [6, 6.07) is 14.6. The normalized spacial score (nSPS) is 11.1. The third kappa shape index (κ3) is 2.98. The Labute approximate surface area is 144 Å². The number of aromatic nitrogens is 4. The maximum absolute atomic E-state index is 13.5. The lowest BCUT2D eigenvalue weighted by Gasteiger charge is -2.07. The number of halogens is 1. The minimum Gasteiger partial charge on any atom is -0.351 e. The van der Waals surface area contributed by atoms with Crippen molar-refractivity contribution in [3.05, 3.63) is 72.3 Å². The molecule has 2 heterocycles. The molecule has 0 fully saturated rings. The minimum atomic E-state index is -0.252. The molecule has 126 valence electrons. The van der Waals surface area contributed by atoms with Crippen LogP contribution in [0.1, 0.15) is 12.5 Å². The summed E-state index contributed by atoms with van der Waals surface area (Å²) in [5.41, 5.74) is 3.64. The van der Waals surface area contributed by atoms with Crippen molar-refractivity contribution in [1.82, 2.24) is 19.3 Å². The Kier molecular flexibility index (Phi) is 3.93. The van der Waals surface area contributed by atoms with Gasteiger partial charge in [-0.1, -0.05) is 18.2 Å². The number of imidazole rings is 1. The Morgan fingerprint density at radius 3 is 2.76 bits per heavy atom. The molecule has 6 heteroatoms. The van der Waals surface area contributed by atoms with Crippen LogP contribution in [0.3, 0.4) is 0 Å². The standard InChI is InChI=1S/C19H18FN5/c1-2-24-18-10-15(20)8-9-17(18)23-19(24)21-11-14-12-22-25(13-14)16-6-4-3-5-7-16/h3-10,12-13H,2,11H2,1H3,(H,21,23). The molecule has 0 unspecified atom stereocenters. The van der Waals surface area contributed by atoms with E-state index in [0.29, 0.717) is 13.1 Å². The summed E-state index contributed by atoms with van der Waals surface area (Å²) in [5.74, 6) is 0.480. The molecule has 0 aliphatic rings. The van der Waals surface area contributed by atoms with Crippen LogP contribution in [-0.2, 0) is 13.1 Å². The van der Waals surface area contributed by atoms with Crippen molar-refractivity contribution in [3.63, 3.8) is 0 Å². The number of hydrogen-bond donors (Lipinski definition) is 1. The first-order chi connectivity index (χ1) is 12.2. The van der Waals surface area contributed by atoms with Crippen LogP contribution in [0.15, 0.2) is 60.9 Å². The molecule has 0 saturated carbocycles. The minimum absolute atomic E-state index is 0.252. The highest BCUT2D eigenvalue weighted by atomic mass is 19.1. The quantitative estimate of drug-likeness (QED) is 0.600. The van der Waals surface area contributed by atoms with Gasteiger partial charge in [0.25, 0.3) is 0 Å². The number of nitrogens with one attached hydrogen (secondary N) is 1. The van der Waals surface area contributed by atoms with Gasteiger partial charge < -0.3 is 9.88 Å². The molecule has 5 nitrogen and oxygen atoms in total. The average molecular weight is 335 g/mol. The van der Waals surface area contributed by atoms with Gasteiger partial charge in [-0.25, -0.2) is 14.1 Å². The summed E-state index contributed by atoms with van der Waals surface area (Å²) in [5, 5.41) is 7.73. The van der Waals surface area contributed by atoms with Gasteiger partial charge in [0.05, 0.1) is 22.9 Å². The first-order valence-electron chi connectivity index (χ1n) is 8.23. The molecule has 0 saturated heterocycles. The number of para-hydroxylation sites is 1. The zero-order valence-corrected chi connectivity index (χ0v) is 13.9. The molecular formula is C19H18FN5. The number of nitrogens with zero attached hydrogens (tertiary/aromatic N) is 4. The Bertz CT molecular complexity index is 1000. The maximum atomic E-state index is 13.5. The lowest BCUT2D eigenvalue weighted by molar-refractivity contribution is 0.628. The van der Waals surface area contributed by atoms with Crippen molar-refractivity contribution in [1.29, 1.82) is 0 Å². The Morgan fingerprint density at radius 2 is 1.96 bits per heavy atom. The lowest BCUT2D eigenvalue weighted by atomic mass is 10.3. The molecule has 0 atom stereocenters. The summed E-state index contributed by atoms with van der Waals surface area (Å²) in [4.78, 5) is 4.56. The van der Waals surface area contributed by atoms with E-state index >= 15 is 0 Å². The predicted octanol–water partition coefficient (Wildman–Crippen LogP) is 3.99. The fourth-order valence-electron chi connectivity index (χ4n) is 2.91. The van der Waals surface area contributed by atoms with Crippen molar-refractivity contribution in [3.8, 4) is 5.69 Å². The third-order valence-electron chi connectivity index (χ3n) is 4.13. The van der Waals surface area contributed by atoms with Crippen LogP contribution < -0.4 is 5.32 Å². The van der Waals surface area contributed by atoms with Crippen LogP contribution in [0.5, 0.6) is 0 Å². The molecule has 25 heavy (non-hydrogen) atoms. The van der Waals surface area contributed by atoms with Crippen LogP contribution in [0.2, 0.25) is 0 Å². The highest BCUT2D eigenvalue weighted by molar-refractivity contribution is 5.78. The SMILES string of the molecule is CCn1c(NCc2cnn(-c3ccccc3)c2)nc2ccc(F)cc21. The lowest BCUT2D eigenvalue weighted by Crippen LogP contribution is -2.06. The Balaban J connectivity index is 1.56. The van der Waals surface area contributed by atoms with Crippen LogP contribution in [0, 0.1) is 5.82 Å². The first-order valence-corrected chi connectivity index (χ1v) is 8.23. The van der Waals surface area contributed by atoms with Gasteiger partial charge in [-0.15, -0.1) is 0 Å². The topological polar surface area (TPSA) is 47.7 Å².